The molecule has 2 bridgehead atoms. The number of nitrogens with two attached hydrogens (primary N) is 1. The Balaban J connectivity index is 1.37. The molecule has 0 radical (unpaired) electrons. The normalized spacial score (nSPS) is 23.0. The molecule has 2 saturated heterocycles. The molecule has 8 nitrogen and oxygen atoms in total. The largest absolute Gasteiger partial charge is 0.382 e. The zero-order valence-electron chi connectivity index (χ0n) is 17.6. The number of nitrogen functional groups attached to an aromatic ring is 1. The summed E-state index contributed by atoms with van der Waals surface area (Å²) in [6, 6.07) is 13.8. The topological polar surface area (TPSA) is 113 Å². The monoisotopic (exact) mass is 427 g/mol. The van der Waals surface area contributed by atoms with E-state index in [0.29, 0.717) is 17.7 Å². The lowest BCUT2D eigenvalue weighted by Gasteiger charge is -2.24. The average molecular weight is 428 g/mol. The molecule has 32 heavy (non-hydrogen) atoms. The van der Waals surface area contributed by atoms with Crippen LogP contribution in [0.2, 0.25) is 0 Å². The summed E-state index contributed by atoms with van der Waals surface area (Å²) in [7, 11) is 0. The molecular weight excluding hydrogens is 402 g/mol. The van der Waals surface area contributed by atoms with Crippen molar-refractivity contribution in [1.82, 2.24) is 24.7 Å². The van der Waals surface area contributed by atoms with E-state index < -0.39 is 6.23 Å². The highest BCUT2D eigenvalue weighted by molar-refractivity contribution is 5.85. The Morgan fingerprint density at radius 2 is 1.91 bits per heavy atom. The van der Waals surface area contributed by atoms with Gasteiger partial charge < -0.3 is 21.5 Å². The number of imidazole rings is 1. The van der Waals surface area contributed by atoms with Crippen molar-refractivity contribution in [3.63, 3.8) is 0 Å². The summed E-state index contributed by atoms with van der Waals surface area (Å²) in [5.74, 6) is 2.09. The predicted molar refractivity (Wildman–Crippen MR) is 123 cm³/mol. The number of aliphatic hydroxyl groups is 1. The van der Waals surface area contributed by atoms with Crippen LogP contribution >= 0.6 is 0 Å². The van der Waals surface area contributed by atoms with Crippen molar-refractivity contribution < 1.29 is 5.11 Å². The van der Waals surface area contributed by atoms with Gasteiger partial charge in [-0.3, -0.25) is 4.40 Å². The lowest BCUT2D eigenvalue weighted by molar-refractivity contribution is 0.207. The molecule has 0 aliphatic carbocycles. The number of hydrogen-bond donors (Lipinski definition) is 4. The van der Waals surface area contributed by atoms with E-state index in [1.165, 1.54) is 12.8 Å². The van der Waals surface area contributed by atoms with E-state index in [9.17, 15) is 5.11 Å². The number of benzene rings is 1. The van der Waals surface area contributed by atoms with Gasteiger partial charge in [0.1, 0.15) is 28.7 Å². The highest BCUT2D eigenvalue weighted by atomic mass is 16.3. The molecule has 0 amide bonds. The minimum Gasteiger partial charge on any atom is -0.382 e. The molecule has 0 spiro atoms. The van der Waals surface area contributed by atoms with Gasteiger partial charge in [-0.1, -0.05) is 30.3 Å². The van der Waals surface area contributed by atoms with Gasteiger partial charge in [0.05, 0.1) is 5.54 Å². The Morgan fingerprint density at radius 3 is 2.59 bits per heavy atom. The quantitative estimate of drug-likeness (QED) is 0.362. The number of anilines is 2. The van der Waals surface area contributed by atoms with Crippen LogP contribution in [0.3, 0.4) is 0 Å². The number of aromatic nitrogens is 4. The summed E-state index contributed by atoms with van der Waals surface area (Å²) in [4.78, 5) is 13.6. The number of hydrogen-bond acceptors (Lipinski definition) is 7. The molecule has 2 fully saturated rings. The zero-order valence-corrected chi connectivity index (χ0v) is 17.6. The SMILES string of the molecule is Nc1nccn2c(C34CCC(CC3)N4)nc(-c3ccc(C(O)Nc4ccccn4)cc3)c12. The Morgan fingerprint density at radius 1 is 1.09 bits per heavy atom. The van der Waals surface area contributed by atoms with Crippen molar-refractivity contribution in [1.29, 1.82) is 0 Å². The fourth-order valence-electron chi connectivity index (χ4n) is 5.18. The maximum absolute atomic E-state index is 10.6. The molecule has 3 aromatic heterocycles. The average Bonchev–Trinajstić information content (AvgIpc) is 3.54. The molecular formula is C24H25N7O. The highest BCUT2D eigenvalue weighted by Crippen LogP contribution is 2.45. The Kier molecular flexibility index (Phi) is 4.38. The molecule has 2 aliphatic heterocycles. The molecule has 5 N–H and O–H groups in total. The van der Waals surface area contributed by atoms with E-state index in [2.05, 4.69) is 25.0 Å². The second kappa shape index (κ2) is 7.29. The van der Waals surface area contributed by atoms with E-state index in [1.54, 1.807) is 12.4 Å². The summed E-state index contributed by atoms with van der Waals surface area (Å²) < 4.78 is 2.10. The van der Waals surface area contributed by atoms with Crippen LogP contribution in [-0.4, -0.2) is 30.5 Å². The number of pyridine rings is 1. The Hall–Kier alpha value is -3.49. The van der Waals surface area contributed by atoms with Gasteiger partial charge in [-0.15, -0.1) is 0 Å². The van der Waals surface area contributed by atoms with Crippen LogP contribution in [-0.2, 0) is 5.54 Å². The minimum absolute atomic E-state index is 0.0949. The van der Waals surface area contributed by atoms with Crippen LogP contribution in [0, 0.1) is 0 Å². The lowest BCUT2D eigenvalue weighted by atomic mass is 9.87. The van der Waals surface area contributed by atoms with E-state index in [4.69, 9.17) is 10.7 Å². The summed E-state index contributed by atoms with van der Waals surface area (Å²) in [6.07, 6.45) is 9.04. The maximum Gasteiger partial charge on any atom is 0.151 e. The number of aliphatic hydroxyl groups excluding tert-OH is 1. The van der Waals surface area contributed by atoms with Crippen molar-refractivity contribution in [2.45, 2.75) is 43.5 Å². The van der Waals surface area contributed by atoms with Crippen molar-refractivity contribution in [2.24, 2.45) is 0 Å². The van der Waals surface area contributed by atoms with Crippen LogP contribution in [0.5, 0.6) is 0 Å². The summed E-state index contributed by atoms with van der Waals surface area (Å²) in [5.41, 5.74) is 9.54. The standard InChI is InChI=1S/C24H25N7O/c25-21-20-19(15-4-6-16(7-5-15)22(32)28-18-3-1-2-12-26-18)29-23(31(20)14-13-27-21)24-10-8-17(30-24)9-11-24/h1-7,12-14,17,22,30,32H,8-11H2,(H2,25,27)(H,26,28). The molecule has 5 heterocycles. The predicted octanol–water partition coefficient (Wildman–Crippen LogP) is 3.22. The molecule has 6 rings (SSSR count). The third-order valence-electron chi connectivity index (χ3n) is 6.78. The number of rotatable bonds is 5. The van der Waals surface area contributed by atoms with Crippen molar-refractivity contribution in [2.75, 3.05) is 11.1 Å². The first-order valence-electron chi connectivity index (χ1n) is 11.0. The molecule has 1 atom stereocenters. The van der Waals surface area contributed by atoms with E-state index in [1.807, 2.05) is 48.7 Å². The highest BCUT2D eigenvalue weighted by Gasteiger charge is 2.48. The second-order valence-corrected chi connectivity index (χ2v) is 8.70. The molecule has 8 heteroatoms. The fourth-order valence-corrected chi connectivity index (χ4v) is 5.18. The van der Waals surface area contributed by atoms with Crippen LogP contribution in [0.1, 0.15) is 43.3 Å². The minimum atomic E-state index is -0.864. The zero-order chi connectivity index (χ0) is 21.7. The number of nitrogens with zero attached hydrogens (tertiary/aromatic N) is 4. The molecule has 2 aliphatic rings. The van der Waals surface area contributed by atoms with Crippen LogP contribution in [0.25, 0.3) is 16.8 Å². The summed E-state index contributed by atoms with van der Waals surface area (Å²) in [6.45, 7) is 0. The van der Waals surface area contributed by atoms with E-state index in [-0.39, 0.29) is 5.54 Å². The Labute approximate surface area is 185 Å². The van der Waals surface area contributed by atoms with Crippen molar-refractivity contribution >= 4 is 17.2 Å². The van der Waals surface area contributed by atoms with E-state index in [0.717, 1.165) is 41.0 Å². The molecule has 1 aromatic carbocycles. The number of nitrogens with one attached hydrogen (secondary N) is 2. The molecule has 0 saturated carbocycles. The Bertz CT molecular complexity index is 1260. The molecule has 4 aromatic rings. The third-order valence-corrected chi connectivity index (χ3v) is 6.78. The van der Waals surface area contributed by atoms with Crippen LogP contribution in [0.15, 0.2) is 61.1 Å². The van der Waals surface area contributed by atoms with E-state index >= 15 is 0 Å². The van der Waals surface area contributed by atoms with Crippen LogP contribution < -0.4 is 16.4 Å². The number of fused-ring (bicyclic) bond motifs is 3. The van der Waals surface area contributed by atoms with Gasteiger partial charge in [0, 0.05) is 35.8 Å². The van der Waals surface area contributed by atoms with Crippen molar-refractivity contribution in [3.05, 3.63) is 72.4 Å². The first-order chi connectivity index (χ1) is 15.6. The fraction of sp³-hybridized carbons (Fsp3) is 0.292. The first-order valence-corrected chi connectivity index (χ1v) is 11.0. The molecule has 1 unspecified atom stereocenters. The van der Waals surface area contributed by atoms with Gasteiger partial charge in [-0.25, -0.2) is 15.0 Å². The van der Waals surface area contributed by atoms with Gasteiger partial charge in [0.15, 0.2) is 6.23 Å². The first kappa shape index (κ1) is 19.2. The van der Waals surface area contributed by atoms with Crippen LogP contribution in [0.4, 0.5) is 11.6 Å². The second-order valence-electron chi connectivity index (χ2n) is 8.70. The summed E-state index contributed by atoms with van der Waals surface area (Å²) in [5, 5.41) is 17.4. The lowest BCUT2D eigenvalue weighted by Crippen LogP contribution is -2.35. The van der Waals surface area contributed by atoms with Gasteiger partial charge in [0.25, 0.3) is 0 Å². The third kappa shape index (κ3) is 3.03. The molecule has 162 valence electrons. The van der Waals surface area contributed by atoms with Crippen molar-refractivity contribution in [3.8, 4) is 11.3 Å². The van der Waals surface area contributed by atoms with Gasteiger partial charge in [-0.05, 0) is 37.8 Å². The maximum atomic E-state index is 10.6. The smallest absolute Gasteiger partial charge is 0.151 e. The van der Waals surface area contributed by atoms with Gasteiger partial charge >= 0.3 is 0 Å². The summed E-state index contributed by atoms with van der Waals surface area (Å²) >= 11 is 0. The van der Waals surface area contributed by atoms with Gasteiger partial charge in [0.2, 0.25) is 0 Å². The van der Waals surface area contributed by atoms with Gasteiger partial charge in [-0.2, -0.15) is 0 Å².